The van der Waals surface area contributed by atoms with E-state index in [4.69, 9.17) is 5.26 Å². The van der Waals surface area contributed by atoms with Gasteiger partial charge in [-0.15, -0.1) is 0 Å². The molecule has 128 valence electrons. The number of carbonyl (C=O) groups is 1. The maximum atomic E-state index is 13.7. The zero-order valence-electron chi connectivity index (χ0n) is 13.8. The van der Waals surface area contributed by atoms with E-state index in [0.717, 1.165) is 0 Å². The smallest absolute Gasteiger partial charge is 0.274 e. The molecule has 0 unspecified atom stereocenters. The van der Waals surface area contributed by atoms with Crippen LogP contribution in [0.2, 0.25) is 0 Å². The highest BCUT2D eigenvalue weighted by Crippen LogP contribution is 2.19. The maximum absolute atomic E-state index is 13.7. The molecule has 7 heteroatoms. The quantitative estimate of drug-likeness (QED) is 0.749. The highest BCUT2D eigenvalue weighted by atomic mass is 19.1. The molecule has 1 amide bonds. The molecular weight excluding hydrogens is 333 g/mol. The standard InChI is InChI=1S/C19H14FN5O/c1-12-10-17(18(26)23-16-9-5-3-7-14(16)20)25-19(22-12)24-15-8-4-2-6-13(15)11-21/h2-10H,1H3,(H,23,26)(H,22,24,25). The van der Waals surface area contributed by atoms with Crippen LogP contribution in [-0.4, -0.2) is 15.9 Å². The molecule has 0 saturated carbocycles. The summed E-state index contributed by atoms with van der Waals surface area (Å²) in [5.74, 6) is -0.920. The van der Waals surface area contributed by atoms with Crippen LogP contribution in [-0.2, 0) is 0 Å². The van der Waals surface area contributed by atoms with Crippen molar-refractivity contribution in [3.8, 4) is 6.07 Å². The maximum Gasteiger partial charge on any atom is 0.274 e. The number of rotatable bonds is 4. The van der Waals surface area contributed by atoms with Crippen molar-refractivity contribution in [1.29, 1.82) is 5.26 Å². The lowest BCUT2D eigenvalue weighted by molar-refractivity contribution is 0.102. The number of nitriles is 1. The molecule has 0 atom stereocenters. The summed E-state index contributed by atoms with van der Waals surface area (Å²) in [5.41, 5.74) is 1.66. The molecule has 1 heterocycles. The molecular formula is C19H14FN5O. The normalized spacial score (nSPS) is 10.0. The second kappa shape index (κ2) is 7.40. The Bertz CT molecular complexity index is 1010. The van der Waals surface area contributed by atoms with E-state index in [-0.39, 0.29) is 17.3 Å². The van der Waals surface area contributed by atoms with E-state index in [0.29, 0.717) is 16.9 Å². The Morgan fingerprint density at radius 1 is 1.08 bits per heavy atom. The average Bonchev–Trinajstić information content (AvgIpc) is 2.63. The second-order valence-corrected chi connectivity index (χ2v) is 5.43. The van der Waals surface area contributed by atoms with E-state index in [2.05, 4.69) is 26.7 Å². The Hall–Kier alpha value is -3.79. The Morgan fingerprint density at radius 2 is 1.77 bits per heavy atom. The average molecular weight is 347 g/mol. The summed E-state index contributed by atoms with van der Waals surface area (Å²) in [7, 11) is 0. The van der Waals surface area contributed by atoms with Crippen molar-refractivity contribution in [3.05, 3.63) is 77.4 Å². The summed E-state index contributed by atoms with van der Waals surface area (Å²) in [6.45, 7) is 1.71. The molecule has 2 N–H and O–H groups in total. The van der Waals surface area contributed by atoms with Crippen LogP contribution in [0.5, 0.6) is 0 Å². The molecule has 26 heavy (non-hydrogen) atoms. The largest absolute Gasteiger partial charge is 0.323 e. The van der Waals surface area contributed by atoms with Gasteiger partial charge in [-0.3, -0.25) is 4.79 Å². The number of hydrogen-bond donors (Lipinski definition) is 2. The summed E-state index contributed by atoms with van der Waals surface area (Å²) >= 11 is 0. The van der Waals surface area contributed by atoms with Crippen LogP contribution >= 0.6 is 0 Å². The molecule has 3 rings (SSSR count). The Morgan fingerprint density at radius 3 is 2.50 bits per heavy atom. The summed E-state index contributed by atoms with van der Waals surface area (Å²) in [4.78, 5) is 20.8. The first-order chi connectivity index (χ1) is 12.6. The molecule has 0 fully saturated rings. The molecule has 0 saturated heterocycles. The van der Waals surface area contributed by atoms with Gasteiger partial charge in [-0.1, -0.05) is 24.3 Å². The van der Waals surface area contributed by atoms with Gasteiger partial charge in [0.1, 0.15) is 17.6 Å². The third-order valence-corrected chi connectivity index (χ3v) is 3.50. The van der Waals surface area contributed by atoms with E-state index >= 15 is 0 Å². The molecule has 0 aliphatic rings. The highest BCUT2D eigenvalue weighted by molar-refractivity contribution is 6.03. The van der Waals surface area contributed by atoms with Gasteiger partial charge in [0.15, 0.2) is 0 Å². The Kier molecular flexibility index (Phi) is 4.85. The van der Waals surface area contributed by atoms with Crippen LogP contribution in [0.1, 0.15) is 21.7 Å². The van der Waals surface area contributed by atoms with E-state index in [1.54, 1.807) is 37.3 Å². The van der Waals surface area contributed by atoms with Crippen molar-refractivity contribution in [3.63, 3.8) is 0 Å². The predicted octanol–water partition coefficient (Wildman–Crippen LogP) is 3.79. The van der Waals surface area contributed by atoms with Crippen molar-refractivity contribution >= 4 is 23.2 Å². The van der Waals surface area contributed by atoms with Crippen LogP contribution in [0.4, 0.5) is 21.7 Å². The number of nitrogens with one attached hydrogen (secondary N) is 2. The first-order valence-electron chi connectivity index (χ1n) is 7.74. The number of carbonyl (C=O) groups excluding carboxylic acids is 1. The summed E-state index contributed by atoms with van der Waals surface area (Å²) < 4.78 is 13.7. The third-order valence-electron chi connectivity index (χ3n) is 3.50. The van der Waals surface area contributed by atoms with Gasteiger partial charge in [-0.2, -0.15) is 5.26 Å². The predicted molar refractivity (Wildman–Crippen MR) is 95.6 cm³/mol. The summed E-state index contributed by atoms with van der Waals surface area (Å²) in [6, 6.07) is 16.3. The van der Waals surface area contributed by atoms with Crippen molar-refractivity contribution in [2.75, 3.05) is 10.6 Å². The lowest BCUT2D eigenvalue weighted by Crippen LogP contribution is -2.16. The number of para-hydroxylation sites is 2. The number of halogens is 1. The monoisotopic (exact) mass is 347 g/mol. The minimum absolute atomic E-state index is 0.0677. The number of nitrogens with zero attached hydrogens (tertiary/aromatic N) is 3. The number of benzene rings is 2. The van der Waals surface area contributed by atoms with Gasteiger partial charge >= 0.3 is 0 Å². The van der Waals surface area contributed by atoms with Gasteiger partial charge < -0.3 is 10.6 Å². The lowest BCUT2D eigenvalue weighted by atomic mass is 10.2. The Balaban J connectivity index is 1.87. The fraction of sp³-hybridized carbons (Fsp3) is 0.0526. The molecule has 0 aliphatic carbocycles. The fourth-order valence-corrected chi connectivity index (χ4v) is 2.30. The zero-order valence-corrected chi connectivity index (χ0v) is 13.8. The number of hydrogen-bond acceptors (Lipinski definition) is 5. The van der Waals surface area contributed by atoms with E-state index in [9.17, 15) is 9.18 Å². The van der Waals surface area contributed by atoms with E-state index in [1.165, 1.54) is 24.3 Å². The van der Waals surface area contributed by atoms with Crippen molar-refractivity contribution in [2.24, 2.45) is 0 Å². The lowest BCUT2D eigenvalue weighted by Gasteiger charge is -2.10. The SMILES string of the molecule is Cc1cc(C(=O)Nc2ccccc2F)nc(Nc2ccccc2C#N)n1. The number of anilines is 3. The molecule has 3 aromatic rings. The molecule has 1 aromatic heterocycles. The van der Waals surface area contributed by atoms with E-state index in [1.807, 2.05) is 0 Å². The summed E-state index contributed by atoms with van der Waals surface area (Å²) in [5, 5.41) is 14.6. The van der Waals surface area contributed by atoms with Crippen molar-refractivity contribution in [2.45, 2.75) is 6.92 Å². The van der Waals surface area contributed by atoms with Gasteiger partial charge in [0, 0.05) is 5.69 Å². The second-order valence-electron chi connectivity index (χ2n) is 5.43. The highest BCUT2D eigenvalue weighted by Gasteiger charge is 2.13. The number of amides is 1. The molecule has 0 aliphatic heterocycles. The van der Waals surface area contributed by atoms with Gasteiger partial charge in [-0.05, 0) is 37.3 Å². The van der Waals surface area contributed by atoms with Crippen LogP contribution in [0.15, 0.2) is 54.6 Å². The van der Waals surface area contributed by atoms with Crippen molar-refractivity contribution in [1.82, 2.24) is 9.97 Å². The van der Waals surface area contributed by atoms with Crippen LogP contribution in [0, 0.1) is 24.1 Å². The topological polar surface area (TPSA) is 90.7 Å². The molecule has 0 radical (unpaired) electrons. The minimum Gasteiger partial charge on any atom is -0.323 e. The number of aryl methyl sites for hydroxylation is 1. The van der Waals surface area contributed by atoms with Gasteiger partial charge in [0.2, 0.25) is 5.95 Å². The Labute approximate surface area is 149 Å². The molecule has 0 bridgehead atoms. The van der Waals surface area contributed by atoms with E-state index < -0.39 is 11.7 Å². The van der Waals surface area contributed by atoms with Crippen LogP contribution in [0.25, 0.3) is 0 Å². The minimum atomic E-state index is -0.558. The fourth-order valence-electron chi connectivity index (χ4n) is 2.30. The number of aromatic nitrogens is 2. The first kappa shape index (κ1) is 17.0. The van der Waals surface area contributed by atoms with Gasteiger partial charge in [-0.25, -0.2) is 14.4 Å². The van der Waals surface area contributed by atoms with Crippen molar-refractivity contribution < 1.29 is 9.18 Å². The van der Waals surface area contributed by atoms with Crippen LogP contribution < -0.4 is 10.6 Å². The first-order valence-corrected chi connectivity index (χ1v) is 7.74. The summed E-state index contributed by atoms with van der Waals surface area (Å²) in [6.07, 6.45) is 0. The van der Waals surface area contributed by atoms with Gasteiger partial charge in [0.05, 0.1) is 16.9 Å². The molecule has 2 aromatic carbocycles. The molecule has 6 nitrogen and oxygen atoms in total. The zero-order chi connectivity index (χ0) is 18.5. The van der Waals surface area contributed by atoms with Gasteiger partial charge in [0.25, 0.3) is 5.91 Å². The van der Waals surface area contributed by atoms with Crippen LogP contribution in [0.3, 0.4) is 0 Å². The molecule has 0 spiro atoms. The third kappa shape index (κ3) is 3.82.